The summed E-state index contributed by atoms with van der Waals surface area (Å²) in [7, 11) is 0. The van der Waals surface area contributed by atoms with E-state index in [-0.39, 0.29) is 11.9 Å². The van der Waals surface area contributed by atoms with Crippen LogP contribution in [0.3, 0.4) is 0 Å². The van der Waals surface area contributed by atoms with Gasteiger partial charge in [-0.2, -0.15) is 0 Å². The van der Waals surface area contributed by atoms with Crippen LogP contribution in [-0.2, 0) is 11.3 Å². The molecule has 4 heteroatoms. The van der Waals surface area contributed by atoms with Gasteiger partial charge >= 0.3 is 0 Å². The minimum Gasteiger partial charge on any atom is -0.379 e. The summed E-state index contributed by atoms with van der Waals surface area (Å²) in [5.74, 6) is -0.188. The Hall–Kier alpha value is -1.75. The highest BCUT2D eigenvalue weighted by Crippen LogP contribution is 2.22. The second-order valence-corrected chi connectivity index (χ2v) is 6.34. The van der Waals surface area contributed by atoms with Crippen molar-refractivity contribution >= 4 is 0 Å². The third-order valence-electron chi connectivity index (χ3n) is 4.49. The molecule has 1 saturated heterocycles. The van der Waals surface area contributed by atoms with E-state index >= 15 is 0 Å². The summed E-state index contributed by atoms with van der Waals surface area (Å²) in [5.41, 5.74) is 3.71. The fourth-order valence-electron chi connectivity index (χ4n) is 3.21. The topological polar surface area (TPSA) is 24.5 Å². The molecular formula is C20H25FN2O. The summed E-state index contributed by atoms with van der Waals surface area (Å²) >= 11 is 0. The summed E-state index contributed by atoms with van der Waals surface area (Å²) in [4.78, 5) is 2.42. The fraction of sp³-hybridized carbons (Fsp3) is 0.400. The lowest BCUT2D eigenvalue weighted by Gasteiger charge is -2.35. The molecule has 0 radical (unpaired) electrons. The van der Waals surface area contributed by atoms with E-state index in [4.69, 9.17) is 4.74 Å². The lowest BCUT2D eigenvalue weighted by molar-refractivity contribution is 0.0161. The zero-order valence-corrected chi connectivity index (χ0v) is 14.2. The number of benzene rings is 2. The van der Waals surface area contributed by atoms with Crippen LogP contribution in [0.5, 0.6) is 0 Å². The zero-order chi connectivity index (χ0) is 16.8. The van der Waals surface area contributed by atoms with Gasteiger partial charge in [0.15, 0.2) is 0 Å². The van der Waals surface area contributed by atoms with E-state index in [0.717, 1.165) is 45.0 Å². The van der Waals surface area contributed by atoms with Crippen LogP contribution in [0.2, 0.25) is 0 Å². The Morgan fingerprint density at radius 1 is 1.12 bits per heavy atom. The molecule has 1 aliphatic heterocycles. The predicted molar refractivity (Wildman–Crippen MR) is 94.4 cm³/mol. The first-order valence-corrected chi connectivity index (χ1v) is 8.56. The molecule has 2 aromatic rings. The Morgan fingerprint density at radius 2 is 1.88 bits per heavy atom. The van der Waals surface area contributed by atoms with Crippen molar-refractivity contribution in [3.63, 3.8) is 0 Å². The van der Waals surface area contributed by atoms with Gasteiger partial charge in [0.2, 0.25) is 0 Å². The maximum Gasteiger partial charge on any atom is 0.123 e. The summed E-state index contributed by atoms with van der Waals surface area (Å²) < 4.78 is 18.7. The third-order valence-corrected chi connectivity index (χ3v) is 4.49. The van der Waals surface area contributed by atoms with Gasteiger partial charge in [0.25, 0.3) is 0 Å². The van der Waals surface area contributed by atoms with Gasteiger partial charge in [-0.15, -0.1) is 0 Å². The van der Waals surface area contributed by atoms with Crippen LogP contribution in [0.15, 0.2) is 48.5 Å². The van der Waals surface area contributed by atoms with E-state index in [1.165, 1.54) is 11.1 Å². The molecule has 1 aliphatic rings. The molecule has 0 saturated carbocycles. The molecule has 3 rings (SSSR count). The van der Waals surface area contributed by atoms with Crippen LogP contribution in [0.1, 0.15) is 22.7 Å². The number of nitrogens with zero attached hydrogens (tertiary/aromatic N) is 1. The number of nitrogens with one attached hydrogen (secondary N) is 1. The fourth-order valence-corrected chi connectivity index (χ4v) is 3.21. The SMILES string of the molecule is Cc1cccc(CNCC(c2ccc(F)cc2)N2CCOCC2)c1. The molecular weight excluding hydrogens is 303 g/mol. The van der Waals surface area contributed by atoms with Crippen molar-refractivity contribution in [3.8, 4) is 0 Å². The molecule has 1 atom stereocenters. The standard InChI is InChI=1S/C20H25FN2O/c1-16-3-2-4-17(13-16)14-22-15-20(23-9-11-24-12-10-23)18-5-7-19(21)8-6-18/h2-8,13,20,22H,9-12,14-15H2,1H3. The van der Waals surface area contributed by atoms with Gasteiger partial charge in [-0.25, -0.2) is 4.39 Å². The van der Waals surface area contributed by atoms with Crippen molar-refractivity contribution in [1.82, 2.24) is 10.2 Å². The highest BCUT2D eigenvalue weighted by molar-refractivity contribution is 5.23. The van der Waals surface area contributed by atoms with Crippen molar-refractivity contribution in [2.24, 2.45) is 0 Å². The van der Waals surface area contributed by atoms with Gasteiger partial charge in [0, 0.05) is 32.2 Å². The van der Waals surface area contributed by atoms with Crippen LogP contribution >= 0.6 is 0 Å². The number of ether oxygens (including phenoxy) is 1. The molecule has 1 fully saturated rings. The first-order valence-electron chi connectivity index (χ1n) is 8.56. The number of rotatable bonds is 6. The highest BCUT2D eigenvalue weighted by Gasteiger charge is 2.22. The number of hydrogen-bond acceptors (Lipinski definition) is 3. The summed E-state index contributed by atoms with van der Waals surface area (Å²) in [5, 5.41) is 3.56. The van der Waals surface area contributed by atoms with Gasteiger partial charge in [-0.3, -0.25) is 4.90 Å². The smallest absolute Gasteiger partial charge is 0.123 e. The minimum absolute atomic E-state index is 0.188. The molecule has 2 aromatic carbocycles. The summed E-state index contributed by atoms with van der Waals surface area (Å²) in [6, 6.07) is 15.7. The third kappa shape index (κ3) is 4.63. The Bertz CT molecular complexity index is 638. The van der Waals surface area contributed by atoms with Crippen molar-refractivity contribution < 1.29 is 9.13 Å². The predicted octanol–water partition coefficient (Wildman–Crippen LogP) is 3.30. The van der Waals surface area contributed by atoms with Gasteiger partial charge in [0.1, 0.15) is 5.82 Å². The highest BCUT2D eigenvalue weighted by atomic mass is 19.1. The molecule has 0 amide bonds. The van der Waals surface area contributed by atoms with Gasteiger partial charge in [0.05, 0.1) is 13.2 Å². The number of morpholine rings is 1. The van der Waals surface area contributed by atoms with Gasteiger partial charge < -0.3 is 10.1 Å². The average Bonchev–Trinajstić information content (AvgIpc) is 2.61. The maximum atomic E-state index is 13.3. The molecule has 128 valence electrons. The Morgan fingerprint density at radius 3 is 2.58 bits per heavy atom. The van der Waals surface area contributed by atoms with Gasteiger partial charge in [-0.1, -0.05) is 42.0 Å². The van der Waals surface area contributed by atoms with Crippen molar-refractivity contribution in [2.45, 2.75) is 19.5 Å². The van der Waals surface area contributed by atoms with Gasteiger partial charge in [-0.05, 0) is 30.2 Å². The second-order valence-electron chi connectivity index (χ2n) is 6.34. The molecule has 0 spiro atoms. The van der Waals surface area contributed by atoms with Crippen molar-refractivity contribution in [1.29, 1.82) is 0 Å². The van der Waals surface area contributed by atoms with Crippen molar-refractivity contribution in [2.75, 3.05) is 32.8 Å². The molecule has 1 heterocycles. The monoisotopic (exact) mass is 328 g/mol. The summed E-state index contributed by atoms with van der Waals surface area (Å²) in [6.07, 6.45) is 0. The van der Waals surface area contributed by atoms with E-state index in [9.17, 15) is 4.39 Å². The maximum absolute atomic E-state index is 13.3. The van der Waals surface area contributed by atoms with Crippen LogP contribution in [0.4, 0.5) is 4.39 Å². The quantitative estimate of drug-likeness (QED) is 0.880. The summed E-state index contributed by atoms with van der Waals surface area (Å²) in [6.45, 7) is 7.12. The van der Waals surface area contributed by atoms with E-state index in [0.29, 0.717) is 0 Å². The van der Waals surface area contributed by atoms with E-state index in [2.05, 4.69) is 41.4 Å². The molecule has 3 nitrogen and oxygen atoms in total. The largest absolute Gasteiger partial charge is 0.379 e. The zero-order valence-electron chi connectivity index (χ0n) is 14.2. The molecule has 24 heavy (non-hydrogen) atoms. The first kappa shape index (κ1) is 17.1. The number of hydrogen-bond donors (Lipinski definition) is 1. The average molecular weight is 328 g/mol. The molecule has 0 aliphatic carbocycles. The second kappa shape index (κ2) is 8.38. The lowest BCUT2D eigenvalue weighted by atomic mass is 10.0. The van der Waals surface area contributed by atoms with Crippen molar-refractivity contribution in [3.05, 3.63) is 71.0 Å². The van der Waals surface area contributed by atoms with Crippen LogP contribution in [-0.4, -0.2) is 37.7 Å². The van der Waals surface area contributed by atoms with Crippen LogP contribution in [0.25, 0.3) is 0 Å². The Kier molecular flexibility index (Phi) is 5.96. The minimum atomic E-state index is -0.188. The molecule has 1 N–H and O–H groups in total. The number of halogens is 1. The van der Waals surface area contributed by atoms with E-state index in [1.807, 2.05) is 12.1 Å². The van der Waals surface area contributed by atoms with Crippen LogP contribution in [0, 0.1) is 12.7 Å². The normalized spacial score (nSPS) is 16.9. The lowest BCUT2D eigenvalue weighted by Crippen LogP contribution is -2.42. The molecule has 0 aromatic heterocycles. The van der Waals surface area contributed by atoms with Crippen LogP contribution < -0.4 is 5.32 Å². The first-order chi connectivity index (χ1) is 11.7. The number of aryl methyl sites for hydroxylation is 1. The Balaban J connectivity index is 1.66. The molecule has 0 bridgehead atoms. The molecule has 1 unspecified atom stereocenters. The van der Waals surface area contributed by atoms with E-state index in [1.54, 1.807) is 12.1 Å². The Labute approximate surface area is 143 Å². The van der Waals surface area contributed by atoms with E-state index < -0.39 is 0 Å².